The first-order valence-electron chi connectivity index (χ1n) is 7.76. The molecule has 0 radical (unpaired) electrons. The minimum Gasteiger partial charge on any atom is -0.346 e. The molecule has 1 aromatic heterocycles. The van der Waals surface area contributed by atoms with Crippen molar-refractivity contribution in [3.05, 3.63) is 77.0 Å². The first-order valence-corrected chi connectivity index (χ1v) is 7.76. The number of fused-ring (bicyclic) bond motifs is 1. The Kier molecular flexibility index (Phi) is 3.99. The second-order valence-corrected chi connectivity index (χ2v) is 5.64. The van der Waals surface area contributed by atoms with E-state index in [0.717, 1.165) is 0 Å². The van der Waals surface area contributed by atoms with Crippen molar-refractivity contribution >= 4 is 16.7 Å². The van der Waals surface area contributed by atoms with Gasteiger partial charge in [-0.15, -0.1) is 0 Å². The molecule has 25 heavy (non-hydrogen) atoms. The molecule has 3 aromatic rings. The summed E-state index contributed by atoms with van der Waals surface area (Å²) in [5.41, 5.74) is 0.637. The zero-order chi connectivity index (χ0) is 17.4. The molecule has 0 N–H and O–H groups in total. The number of para-hydroxylation sites is 1. The topological polar surface area (TPSA) is 48.4 Å². The van der Waals surface area contributed by atoms with Gasteiger partial charge in [0, 0.05) is 22.7 Å². The number of hydrogen-bond acceptors (Lipinski definition) is 4. The van der Waals surface area contributed by atoms with Crippen LogP contribution in [0, 0.1) is 11.6 Å². The molecule has 6 heteroatoms. The van der Waals surface area contributed by atoms with Crippen LogP contribution in [0.3, 0.4) is 0 Å². The van der Waals surface area contributed by atoms with Crippen LogP contribution in [0.25, 0.3) is 10.9 Å². The lowest BCUT2D eigenvalue weighted by molar-refractivity contribution is -0.0468. The zero-order valence-corrected chi connectivity index (χ0v) is 13.0. The molecule has 1 aliphatic heterocycles. The van der Waals surface area contributed by atoms with Crippen LogP contribution >= 0.6 is 0 Å². The average Bonchev–Trinajstić information content (AvgIpc) is 3.15. The van der Waals surface area contributed by atoms with Crippen molar-refractivity contribution in [2.24, 2.45) is 0 Å². The fraction of sp³-hybridized carbons (Fsp3) is 0.158. The number of ketones is 1. The van der Waals surface area contributed by atoms with Gasteiger partial charge in [-0.25, -0.2) is 8.78 Å². The van der Waals surface area contributed by atoms with Crippen LogP contribution in [0.15, 0.2) is 48.7 Å². The molecule has 0 aliphatic carbocycles. The zero-order valence-electron chi connectivity index (χ0n) is 13.0. The van der Waals surface area contributed by atoms with Gasteiger partial charge < -0.3 is 9.47 Å². The number of aromatic nitrogens is 1. The maximum Gasteiger partial charge on any atom is 0.195 e. The van der Waals surface area contributed by atoms with E-state index in [1.165, 1.54) is 30.5 Å². The summed E-state index contributed by atoms with van der Waals surface area (Å²) in [6, 6.07) is 10.3. The Labute approximate surface area is 142 Å². The third-order valence-corrected chi connectivity index (χ3v) is 4.08. The Morgan fingerprint density at radius 2 is 1.76 bits per heavy atom. The lowest BCUT2D eigenvalue weighted by atomic mass is 9.97. The molecule has 1 aliphatic rings. The molecule has 1 fully saturated rings. The molecular weight excluding hydrogens is 328 g/mol. The quantitative estimate of drug-likeness (QED) is 0.680. The van der Waals surface area contributed by atoms with Crippen LogP contribution in [0.5, 0.6) is 0 Å². The van der Waals surface area contributed by atoms with Gasteiger partial charge in [-0.3, -0.25) is 9.78 Å². The number of benzene rings is 2. The largest absolute Gasteiger partial charge is 0.346 e. The van der Waals surface area contributed by atoms with Crippen molar-refractivity contribution in [2.75, 3.05) is 13.2 Å². The SMILES string of the molecule is O=C(c1cnc2c(F)cccc2c1)c1cccc(F)c1C1OCCO1. The van der Waals surface area contributed by atoms with Crippen LogP contribution in [0.4, 0.5) is 8.78 Å². The van der Waals surface area contributed by atoms with Gasteiger partial charge in [-0.05, 0) is 18.2 Å². The molecule has 0 atom stereocenters. The van der Waals surface area contributed by atoms with E-state index in [4.69, 9.17) is 9.47 Å². The predicted octanol–water partition coefficient (Wildman–Crippen LogP) is 3.79. The Morgan fingerprint density at radius 1 is 1.04 bits per heavy atom. The van der Waals surface area contributed by atoms with Crippen molar-refractivity contribution < 1.29 is 23.0 Å². The van der Waals surface area contributed by atoms with Crippen LogP contribution in [-0.2, 0) is 9.47 Å². The molecule has 1 saturated heterocycles. The standard InChI is InChI=1S/C19H13F2NO3/c20-14-5-2-4-13(16(14)19-24-7-8-25-19)18(23)12-9-11-3-1-6-15(21)17(11)22-10-12/h1-6,9-10,19H,7-8H2. The second kappa shape index (κ2) is 6.31. The molecular formula is C19H13F2NO3. The minimum absolute atomic E-state index is 0.0735. The highest BCUT2D eigenvalue weighted by Crippen LogP contribution is 2.30. The summed E-state index contributed by atoms with van der Waals surface area (Å²) in [5, 5.41) is 0.497. The predicted molar refractivity (Wildman–Crippen MR) is 86.2 cm³/mol. The van der Waals surface area contributed by atoms with Gasteiger partial charge >= 0.3 is 0 Å². The van der Waals surface area contributed by atoms with Crippen LogP contribution in [0.1, 0.15) is 27.8 Å². The Morgan fingerprint density at radius 3 is 2.56 bits per heavy atom. The van der Waals surface area contributed by atoms with E-state index in [2.05, 4.69) is 4.98 Å². The molecule has 2 heterocycles. The molecule has 4 nitrogen and oxygen atoms in total. The number of ether oxygens (including phenoxy) is 2. The van der Waals surface area contributed by atoms with Crippen LogP contribution in [-0.4, -0.2) is 24.0 Å². The molecule has 2 aromatic carbocycles. The van der Waals surface area contributed by atoms with E-state index >= 15 is 0 Å². The van der Waals surface area contributed by atoms with Gasteiger partial charge in [0.05, 0.1) is 18.8 Å². The van der Waals surface area contributed by atoms with Gasteiger partial charge in [0.1, 0.15) is 17.2 Å². The maximum atomic E-state index is 14.3. The number of halogens is 2. The first-order chi connectivity index (χ1) is 12.1. The van der Waals surface area contributed by atoms with Crippen molar-refractivity contribution in [3.8, 4) is 0 Å². The number of carbonyl (C=O) groups excluding carboxylic acids is 1. The molecule has 0 saturated carbocycles. The summed E-state index contributed by atoms with van der Waals surface area (Å²) in [7, 11) is 0. The number of nitrogens with zero attached hydrogens (tertiary/aromatic N) is 1. The van der Waals surface area contributed by atoms with Gasteiger partial charge in [0.15, 0.2) is 12.1 Å². The van der Waals surface area contributed by atoms with Gasteiger partial charge in [0.2, 0.25) is 0 Å². The van der Waals surface area contributed by atoms with Crippen LogP contribution < -0.4 is 0 Å². The number of hydrogen-bond donors (Lipinski definition) is 0. The maximum absolute atomic E-state index is 14.3. The Bertz CT molecular complexity index is 968. The summed E-state index contributed by atoms with van der Waals surface area (Å²) < 4.78 is 38.7. The summed E-state index contributed by atoms with van der Waals surface area (Å²) in [5.74, 6) is -1.46. The number of rotatable bonds is 3. The third-order valence-electron chi connectivity index (χ3n) is 4.08. The van der Waals surface area contributed by atoms with E-state index in [1.54, 1.807) is 18.2 Å². The van der Waals surface area contributed by atoms with E-state index in [9.17, 15) is 13.6 Å². The smallest absolute Gasteiger partial charge is 0.195 e. The van der Waals surface area contributed by atoms with E-state index < -0.39 is 23.7 Å². The average molecular weight is 341 g/mol. The molecule has 0 amide bonds. The summed E-state index contributed by atoms with van der Waals surface area (Å²) in [6.45, 7) is 0.673. The van der Waals surface area contributed by atoms with Crippen molar-refractivity contribution in [2.45, 2.75) is 6.29 Å². The summed E-state index contributed by atoms with van der Waals surface area (Å²) in [6.07, 6.45) is 0.379. The number of carbonyl (C=O) groups is 1. The van der Waals surface area contributed by atoms with Crippen molar-refractivity contribution in [3.63, 3.8) is 0 Å². The van der Waals surface area contributed by atoms with E-state index in [1.807, 2.05) is 0 Å². The lowest BCUT2D eigenvalue weighted by Gasteiger charge is -2.15. The van der Waals surface area contributed by atoms with Crippen molar-refractivity contribution in [1.29, 1.82) is 0 Å². The number of pyridine rings is 1. The van der Waals surface area contributed by atoms with Crippen molar-refractivity contribution in [1.82, 2.24) is 4.98 Å². The van der Waals surface area contributed by atoms with Gasteiger partial charge in [0.25, 0.3) is 0 Å². The minimum atomic E-state index is -0.911. The molecule has 0 unspecified atom stereocenters. The fourth-order valence-electron chi connectivity index (χ4n) is 2.90. The highest BCUT2D eigenvalue weighted by atomic mass is 19.1. The molecule has 0 bridgehead atoms. The Balaban J connectivity index is 1.80. The Hall–Kier alpha value is -2.70. The first kappa shape index (κ1) is 15.8. The summed E-state index contributed by atoms with van der Waals surface area (Å²) in [4.78, 5) is 16.9. The lowest BCUT2D eigenvalue weighted by Crippen LogP contribution is -2.12. The highest BCUT2D eigenvalue weighted by molar-refractivity contribution is 6.11. The highest BCUT2D eigenvalue weighted by Gasteiger charge is 2.28. The third kappa shape index (κ3) is 2.79. The van der Waals surface area contributed by atoms with Crippen LogP contribution in [0.2, 0.25) is 0 Å². The molecule has 4 rings (SSSR count). The molecule has 126 valence electrons. The monoisotopic (exact) mass is 341 g/mol. The van der Waals surface area contributed by atoms with E-state index in [0.29, 0.717) is 18.6 Å². The van der Waals surface area contributed by atoms with Gasteiger partial charge in [-0.1, -0.05) is 24.3 Å². The van der Waals surface area contributed by atoms with E-state index in [-0.39, 0.29) is 22.2 Å². The second-order valence-electron chi connectivity index (χ2n) is 5.64. The fourth-order valence-corrected chi connectivity index (χ4v) is 2.90. The molecule has 0 spiro atoms. The summed E-state index contributed by atoms with van der Waals surface area (Å²) >= 11 is 0. The van der Waals surface area contributed by atoms with Gasteiger partial charge in [-0.2, -0.15) is 0 Å². The normalized spacial score (nSPS) is 15.0.